The molecule has 2 aromatic rings. The van der Waals surface area contributed by atoms with Crippen LogP contribution in [-0.2, 0) is 7.05 Å². The van der Waals surface area contributed by atoms with E-state index in [4.69, 9.17) is 11.6 Å². The summed E-state index contributed by atoms with van der Waals surface area (Å²) in [6.45, 7) is 2.76. The minimum atomic E-state index is -0.871. The van der Waals surface area contributed by atoms with E-state index in [1.165, 1.54) is 12.3 Å². The van der Waals surface area contributed by atoms with Crippen molar-refractivity contribution in [3.05, 3.63) is 52.3 Å². The summed E-state index contributed by atoms with van der Waals surface area (Å²) in [5, 5.41) is 7.86. The quantitative estimate of drug-likeness (QED) is 0.916. The first kappa shape index (κ1) is 14.9. The molecule has 0 saturated heterocycles. The summed E-state index contributed by atoms with van der Waals surface area (Å²) in [6, 6.07) is 3.53. The van der Waals surface area contributed by atoms with Crippen LogP contribution in [0.4, 0.5) is 8.78 Å². The molecule has 0 radical (unpaired) electrons. The van der Waals surface area contributed by atoms with Gasteiger partial charge in [0.2, 0.25) is 0 Å². The van der Waals surface area contributed by atoms with Crippen LogP contribution < -0.4 is 5.32 Å². The summed E-state index contributed by atoms with van der Waals surface area (Å²) < 4.78 is 28.2. The lowest BCUT2D eigenvalue weighted by atomic mass is 10.0. The van der Waals surface area contributed by atoms with Crippen LogP contribution in [0.15, 0.2) is 24.4 Å². The first-order valence-electron chi connectivity index (χ1n) is 6.40. The molecule has 108 valence electrons. The van der Waals surface area contributed by atoms with Gasteiger partial charge in [0, 0.05) is 7.05 Å². The zero-order chi connectivity index (χ0) is 14.7. The number of nitrogens with one attached hydrogen (secondary N) is 1. The Kier molecular flexibility index (Phi) is 4.73. The lowest BCUT2D eigenvalue weighted by Gasteiger charge is -2.20. The molecule has 1 aromatic heterocycles. The lowest BCUT2D eigenvalue weighted by Crippen LogP contribution is -2.25. The number of hydrogen-bond acceptors (Lipinski definition) is 2. The summed E-state index contributed by atoms with van der Waals surface area (Å²) in [5.41, 5.74) is 1.34. The van der Waals surface area contributed by atoms with Gasteiger partial charge in [-0.25, -0.2) is 8.78 Å². The SMILES string of the molecule is CCCNC(c1ccc(F)c(F)c1)c1c(Cl)cnn1C. The average Bonchev–Trinajstić information content (AvgIpc) is 2.75. The van der Waals surface area contributed by atoms with Crippen LogP contribution in [0.3, 0.4) is 0 Å². The van der Waals surface area contributed by atoms with Crippen LogP contribution in [0.5, 0.6) is 0 Å². The number of benzene rings is 1. The summed E-state index contributed by atoms with van der Waals surface area (Å²) >= 11 is 6.15. The predicted molar refractivity (Wildman–Crippen MR) is 74.7 cm³/mol. The van der Waals surface area contributed by atoms with E-state index in [-0.39, 0.29) is 6.04 Å². The molecule has 1 heterocycles. The third-order valence-corrected chi connectivity index (χ3v) is 3.38. The maximum atomic E-state index is 13.4. The molecule has 0 fully saturated rings. The molecule has 0 amide bonds. The van der Waals surface area contributed by atoms with E-state index in [1.807, 2.05) is 6.92 Å². The van der Waals surface area contributed by atoms with Gasteiger partial charge in [0.1, 0.15) is 0 Å². The number of hydrogen-bond donors (Lipinski definition) is 1. The molecule has 2 rings (SSSR count). The molecule has 0 spiro atoms. The van der Waals surface area contributed by atoms with Gasteiger partial charge in [-0.2, -0.15) is 5.10 Å². The van der Waals surface area contributed by atoms with E-state index in [0.717, 1.165) is 24.7 Å². The zero-order valence-corrected chi connectivity index (χ0v) is 12.1. The fourth-order valence-corrected chi connectivity index (χ4v) is 2.37. The van der Waals surface area contributed by atoms with Crippen molar-refractivity contribution >= 4 is 11.6 Å². The van der Waals surface area contributed by atoms with Crippen molar-refractivity contribution in [2.75, 3.05) is 6.54 Å². The molecule has 0 aliphatic heterocycles. The molecule has 20 heavy (non-hydrogen) atoms. The summed E-state index contributed by atoms with van der Waals surface area (Å²) in [7, 11) is 1.77. The molecule has 0 bridgehead atoms. The molecular formula is C14H16ClF2N3. The first-order chi connectivity index (χ1) is 9.54. The van der Waals surface area contributed by atoms with Crippen LogP contribution in [0.25, 0.3) is 0 Å². The maximum Gasteiger partial charge on any atom is 0.159 e. The second kappa shape index (κ2) is 6.33. The number of aryl methyl sites for hydroxylation is 1. The normalized spacial score (nSPS) is 12.7. The molecule has 1 N–H and O–H groups in total. The average molecular weight is 300 g/mol. The van der Waals surface area contributed by atoms with Gasteiger partial charge in [0.05, 0.1) is 23.0 Å². The Hall–Kier alpha value is -1.46. The van der Waals surface area contributed by atoms with Gasteiger partial charge >= 0.3 is 0 Å². The first-order valence-corrected chi connectivity index (χ1v) is 6.78. The van der Waals surface area contributed by atoms with Crippen molar-refractivity contribution in [3.8, 4) is 0 Å². The maximum absolute atomic E-state index is 13.4. The smallest absolute Gasteiger partial charge is 0.159 e. The van der Waals surface area contributed by atoms with E-state index < -0.39 is 11.6 Å². The van der Waals surface area contributed by atoms with Crippen molar-refractivity contribution < 1.29 is 8.78 Å². The molecule has 1 atom stereocenters. The number of aromatic nitrogens is 2. The Morgan fingerprint density at radius 1 is 1.35 bits per heavy atom. The summed E-state index contributed by atoms with van der Waals surface area (Å²) in [4.78, 5) is 0. The largest absolute Gasteiger partial charge is 0.305 e. The van der Waals surface area contributed by atoms with Crippen LogP contribution in [0.1, 0.15) is 30.6 Å². The molecule has 0 saturated carbocycles. The minimum Gasteiger partial charge on any atom is -0.305 e. The highest BCUT2D eigenvalue weighted by atomic mass is 35.5. The van der Waals surface area contributed by atoms with Crippen LogP contribution in [-0.4, -0.2) is 16.3 Å². The molecule has 6 heteroatoms. The molecule has 1 unspecified atom stereocenters. The second-order valence-electron chi connectivity index (χ2n) is 4.56. The molecule has 3 nitrogen and oxygen atoms in total. The highest BCUT2D eigenvalue weighted by Crippen LogP contribution is 2.28. The standard InChI is InChI=1S/C14H16ClF2N3/c1-3-6-18-13(14-10(15)8-19-20(14)2)9-4-5-11(16)12(17)7-9/h4-5,7-8,13,18H,3,6H2,1-2H3. The Morgan fingerprint density at radius 3 is 2.65 bits per heavy atom. The number of halogens is 3. The molecule has 1 aromatic carbocycles. The Morgan fingerprint density at radius 2 is 2.10 bits per heavy atom. The van der Waals surface area contributed by atoms with Crippen molar-refractivity contribution in [1.29, 1.82) is 0 Å². The number of nitrogens with zero attached hydrogens (tertiary/aromatic N) is 2. The highest BCUT2D eigenvalue weighted by molar-refractivity contribution is 6.31. The van der Waals surface area contributed by atoms with Crippen LogP contribution >= 0.6 is 11.6 Å². The lowest BCUT2D eigenvalue weighted by molar-refractivity contribution is 0.500. The zero-order valence-electron chi connectivity index (χ0n) is 11.3. The monoisotopic (exact) mass is 299 g/mol. The van der Waals surface area contributed by atoms with Gasteiger partial charge in [-0.05, 0) is 30.7 Å². The van der Waals surface area contributed by atoms with Crippen molar-refractivity contribution in [1.82, 2.24) is 15.1 Å². The van der Waals surface area contributed by atoms with E-state index in [1.54, 1.807) is 17.8 Å². The van der Waals surface area contributed by atoms with E-state index in [9.17, 15) is 8.78 Å². The van der Waals surface area contributed by atoms with Crippen molar-refractivity contribution in [3.63, 3.8) is 0 Å². The van der Waals surface area contributed by atoms with Gasteiger partial charge in [-0.3, -0.25) is 4.68 Å². The van der Waals surface area contributed by atoms with Gasteiger partial charge in [-0.15, -0.1) is 0 Å². The number of rotatable bonds is 5. The van der Waals surface area contributed by atoms with Gasteiger partial charge in [0.15, 0.2) is 11.6 Å². The van der Waals surface area contributed by atoms with Crippen molar-refractivity contribution in [2.45, 2.75) is 19.4 Å². The summed E-state index contributed by atoms with van der Waals surface area (Å²) in [6.07, 6.45) is 2.45. The van der Waals surface area contributed by atoms with Crippen LogP contribution in [0.2, 0.25) is 5.02 Å². The van der Waals surface area contributed by atoms with Crippen LogP contribution in [0, 0.1) is 11.6 Å². The third-order valence-electron chi connectivity index (χ3n) is 3.09. The van der Waals surface area contributed by atoms with E-state index in [0.29, 0.717) is 10.6 Å². The molecule has 0 aliphatic carbocycles. The second-order valence-corrected chi connectivity index (χ2v) is 4.97. The Labute approximate surface area is 121 Å². The minimum absolute atomic E-state index is 0.329. The molecular weight excluding hydrogens is 284 g/mol. The van der Waals surface area contributed by atoms with Gasteiger partial charge in [-0.1, -0.05) is 24.6 Å². The van der Waals surface area contributed by atoms with Gasteiger partial charge < -0.3 is 5.32 Å². The fraction of sp³-hybridized carbons (Fsp3) is 0.357. The topological polar surface area (TPSA) is 29.9 Å². The Balaban J connectivity index is 2.44. The third kappa shape index (κ3) is 2.99. The Bertz CT molecular complexity index is 579. The van der Waals surface area contributed by atoms with E-state index in [2.05, 4.69) is 10.4 Å². The fourth-order valence-electron chi connectivity index (χ4n) is 2.10. The van der Waals surface area contributed by atoms with Gasteiger partial charge in [0.25, 0.3) is 0 Å². The summed E-state index contributed by atoms with van der Waals surface area (Å²) in [5.74, 6) is -1.73. The highest BCUT2D eigenvalue weighted by Gasteiger charge is 2.21. The molecule has 0 aliphatic rings. The predicted octanol–water partition coefficient (Wildman–Crippen LogP) is 3.44. The van der Waals surface area contributed by atoms with E-state index >= 15 is 0 Å². The van der Waals surface area contributed by atoms with Crippen molar-refractivity contribution in [2.24, 2.45) is 7.05 Å².